The summed E-state index contributed by atoms with van der Waals surface area (Å²) in [5.41, 5.74) is 3.95. The van der Waals surface area contributed by atoms with Gasteiger partial charge in [0.2, 0.25) is 0 Å². The van der Waals surface area contributed by atoms with E-state index in [0.717, 1.165) is 24.6 Å². The van der Waals surface area contributed by atoms with Crippen molar-refractivity contribution in [3.63, 3.8) is 0 Å². The van der Waals surface area contributed by atoms with Crippen LogP contribution >= 0.6 is 0 Å². The van der Waals surface area contributed by atoms with Crippen LogP contribution in [-0.4, -0.2) is 10.5 Å². The molecule has 152 valence electrons. The highest BCUT2D eigenvalue weighted by Crippen LogP contribution is 2.29. The zero-order valence-corrected chi connectivity index (χ0v) is 16.3. The van der Waals surface area contributed by atoms with Gasteiger partial charge in [-0.1, -0.05) is 12.1 Å². The number of benzene rings is 2. The van der Waals surface area contributed by atoms with Gasteiger partial charge in [0.1, 0.15) is 18.2 Å². The second kappa shape index (κ2) is 7.02. The third-order valence-electron chi connectivity index (χ3n) is 5.66. The van der Waals surface area contributed by atoms with Crippen LogP contribution in [0.25, 0.3) is 22.1 Å². The first-order valence-corrected chi connectivity index (χ1v) is 9.86. The smallest absolute Gasteiger partial charge is 0.420 e. The Labute approximate surface area is 170 Å². The lowest BCUT2D eigenvalue weighted by molar-refractivity contribution is -0.148. The van der Waals surface area contributed by atoms with Gasteiger partial charge >= 0.3 is 17.4 Å². The molecular weight excluding hydrogens is 386 g/mol. The normalized spacial score (nSPS) is 14.2. The molecule has 0 unspecified atom stereocenters. The predicted octanol–water partition coefficient (Wildman–Crippen LogP) is 3.49. The van der Waals surface area contributed by atoms with Crippen LogP contribution in [0.2, 0.25) is 0 Å². The Morgan fingerprint density at radius 1 is 1.07 bits per heavy atom. The third kappa shape index (κ3) is 3.03. The number of fused-ring (bicyclic) bond motifs is 3. The zero-order chi connectivity index (χ0) is 20.8. The number of oxazole rings is 1. The first-order valence-electron chi connectivity index (χ1n) is 9.86. The lowest BCUT2D eigenvalue weighted by atomic mass is 10.0. The van der Waals surface area contributed by atoms with Crippen molar-refractivity contribution in [2.45, 2.75) is 38.8 Å². The van der Waals surface area contributed by atoms with Gasteiger partial charge in [0.25, 0.3) is 0 Å². The van der Waals surface area contributed by atoms with Gasteiger partial charge < -0.3 is 13.6 Å². The van der Waals surface area contributed by atoms with Gasteiger partial charge in [-0.3, -0.25) is 4.57 Å². The number of nitrogens with zero attached hydrogens (tertiary/aromatic N) is 1. The Morgan fingerprint density at radius 2 is 1.83 bits per heavy atom. The number of hydrogen-bond acceptors (Lipinski definition) is 6. The number of rotatable bonds is 4. The molecule has 0 saturated heterocycles. The first kappa shape index (κ1) is 18.4. The number of para-hydroxylation sites is 2. The minimum atomic E-state index is -0.878. The van der Waals surface area contributed by atoms with Crippen molar-refractivity contribution < 1.29 is 18.4 Å². The minimum absolute atomic E-state index is 0.0887. The number of carbonyl (C=O) groups is 1. The lowest BCUT2D eigenvalue weighted by Gasteiger charge is -2.13. The molecule has 30 heavy (non-hydrogen) atoms. The number of carbonyl (C=O) groups excluding carboxylic acids is 1. The summed E-state index contributed by atoms with van der Waals surface area (Å²) in [6, 6.07) is 11.3. The highest BCUT2D eigenvalue weighted by atomic mass is 16.5. The topological polar surface area (TPSA) is 91.7 Å². The van der Waals surface area contributed by atoms with Gasteiger partial charge in [0, 0.05) is 17.0 Å². The second-order valence-electron chi connectivity index (χ2n) is 7.55. The summed E-state index contributed by atoms with van der Waals surface area (Å²) in [7, 11) is 0. The molecule has 7 heteroatoms. The Morgan fingerprint density at radius 3 is 2.67 bits per heavy atom. The number of hydrogen-bond donors (Lipinski definition) is 0. The standard InChI is InChI=1S/C23H19NO6/c1-13(24-18-7-2-3-8-19(18)30-23(24)27)22(26)28-12-16-11-21(25)29-20-10-15-6-4-5-14(15)9-17(16)20/h2-3,7-11,13H,4-6,12H2,1H3/t13-/m1/s1. The molecule has 0 spiro atoms. The summed E-state index contributed by atoms with van der Waals surface area (Å²) >= 11 is 0. The Bertz CT molecular complexity index is 1410. The van der Waals surface area contributed by atoms with Crippen LogP contribution in [0.15, 0.2) is 60.9 Å². The fraction of sp³-hybridized carbons (Fsp3) is 0.261. The van der Waals surface area contributed by atoms with Crippen molar-refractivity contribution in [3.8, 4) is 0 Å². The quantitative estimate of drug-likeness (QED) is 0.381. The maximum absolute atomic E-state index is 12.7. The van der Waals surface area contributed by atoms with E-state index in [2.05, 4.69) is 0 Å². The molecule has 0 fully saturated rings. The largest absolute Gasteiger partial charge is 0.459 e. The van der Waals surface area contributed by atoms with Gasteiger partial charge in [-0.15, -0.1) is 0 Å². The number of esters is 1. The van der Waals surface area contributed by atoms with E-state index in [-0.39, 0.29) is 6.61 Å². The van der Waals surface area contributed by atoms with Crippen molar-refractivity contribution in [2.75, 3.05) is 0 Å². The van der Waals surface area contributed by atoms with E-state index in [9.17, 15) is 14.4 Å². The molecule has 7 nitrogen and oxygen atoms in total. The number of aromatic nitrogens is 1. The Balaban J connectivity index is 1.44. The second-order valence-corrected chi connectivity index (χ2v) is 7.55. The van der Waals surface area contributed by atoms with Crippen molar-refractivity contribution in [1.29, 1.82) is 0 Å². The van der Waals surface area contributed by atoms with E-state index in [1.54, 1.807) is 31.2 Å². The number of ether oxygens (including phenoxy) is 1. The predicted molar refractivity (Wildman–Crippen MR) is 109 cm³/mol. The average Bonchev–Trinajstić information content (AvgIpc) is 3.32. The van der Waals surface area contributed by atoms with E-state index < -0.39 is 23.4 Å². The van der Waals surface area contributed by atoms with Crippen molar-refractivity contribution >= 4 is 28.0 Å². The van der Waals surface area contributed by atoms with E-state index in [4.69, 9.17) is 13.6 Å². The van der Waals surface area contributed by atoms with Crippen molar-refractivity contribution in [3.05, 3.63) is 80.1 Å². The third-order valence-corrected chi connectivity index (χ3v) is 5.66. The Hall–Kier alpha value is -3.61. The fourth-order valence-electron chi connectivity index (χ4n) is 4.14. The maximum Gasteiger partial charge on any atom is 0.420 e. The molecule has 0 aliphatic heterocycles. The van der Waals surface area contributed by atoms with Gasteiger partial charge in [-0.05, 0) is 61.6 Å². The summed E-state index contributed by atoms with van der Waals surface area (Å²) < 4.78 is 17.3. The molecule has 0 bridgehead atoms. The van der Waals surface area contributed by atoms with Crippen molar-refractivity contribution in [2.24, 2.45) is 0 Å². The SMILES string of the molecule is C[C@H](C(=O)OCc1cc(=O)oc2cc3c(cc12)CCC3)n1c(=O)oc2ccccc21. The molecule has 2 aromatic carbocycles. The number of aryl methyl sites for hydroxylation is 2. The monoisotopic (exact) mass is 405 g/mol. The molecule has 1 aliphatic carbocycles. The van der Waals surface area contributed by atoms with Gasteiger partial charge in [-0.25, -0.2) is 14.4 Å². The van der Waals surface area contributed by atoms with E-state index >= 15 is 0 Å². The lowest BCUT2D eigenvalue weighted by Crippen LogP contribution is -2.26. The van der Waals surface area contributed by atoms with Gasteiger partial charge in [0.15, 0.2) is 5.58 Å². The Kier molecular flexibility index (Phi) is 4.31. The van der Waals surface area contributed by atoms with E-state index in [1.807, 2.05) is 12.1 Å². The van der Waals surface area contributed by atoms with Crippen LogP contribution in [0.4, 0.5) is 0 Å². The van der Waals surface area contributed by atoms with Gasteiger partial charge in [0.05, 0.1) is 5.52 Å². The molecule has 0 N–H and O–H groups in total. The average molecular weight is 405 g/mol. The molecule has 0 amide bonds. The van der Waals surface area contributed by atoms with E-state index in [1.165, 1.54) is 21.8 Å². The summed E-state index contributed by atoms with van der Waals surface area (Å²) in [4.78, 5) is 36.9. The molecular formula is C23H19NO6. The van der Waals surface area contributed by atoms with Crippen LogP contribution in [0, 0.1) is 0 Å². The molecule has 5 rings (SSSR count). The summed E-state index contributed by atoms with van der Waals surface area (Å²) in [6.45, 7) is 1.49. The fourth-order valence-corrected chi connectivity index (χ4v) is 4.14. The molecule has 1 atom stereocenters. The van der Waals surface area contributed by atoms with Gasteiger partial charge in [-0.2, -0.15) is 0 Å². The highest BCUT2D eigenvalue weighted by Gasteiger charge is 2.23. The van der Waals surface area contributed by atoms with Crippen LogP contribution in [0.5, 0.6) is 0 Å². The molecule has 4 aromatic rings. The molecule has 2 heterocycles. The molecule has 0 radical (unpaired) electrons. The molecule has 1 aliphatic rings. The van der Waals surface area contributed by atoms with E-state index in [0.29, 0.717) is 22.2 Å². The highest BCUT2D eigenvalue weighted by molar-refractivity contribution is 5.83. The van der Waals surface area contributed by atoms with Crippen LogP contribution in [0.3, 0.4) is 0 Å². The zero-order valence-electron chi connectivity index (χ0n) is 16.3. The summed E-state index contributed by atoms with van der Waals surface area (Å²) in [5.74, 6) is -1.21. The van der Waals surface area contributed by atoms with Crippen LogP contribution in [-0.2, 0) is 29.0 Å². The first-order chi connectivity index (χ1) is 14.5. The molecule has 0 saturated carbocycles. The minimum Gasteiger partial charge on any atom is -0.459 e. The van der Waals surface area contributed by atoms with Crippen molar-refractivity contribution in [1.82, 2.24) is 4.57 Å². The summed E-state index contributed by atoms with van der Waals surface area (Å²) in [5, 5.41) is 0.765. The van der Waals surface area contributed by atoms with Crippen LogP contribution in [0.1, 0.15) is 36.1 Å². The van der Waals surface area contributed by atoms with Crippen LogP contribution < -0.4 is 11.4 Å². The molecule has 2 aromatic heterocycles. The summed E-state index contributed by atoms with van der Waals surface area (Å²) in [6.07, 6.45) is 3.03. The maximum atomic E-state index is 12.7.